The molecule has 6 heteroatoms. The van der Waals surface area contributed by atoms with E-state index in [-0.39, 0.29) is 11.8 Å². The van der Waals surface area contributed by atoms with Crippen molar-refractivity contribution in [1.29, 1.82) is 0 Å². The van der Waals surface area contributed by atoms with Crippen molar-refractivity contribution in [1.82, 2.24) is 10.6 Å². The molecule has 0 bridgehead atoms. The minimum atomic E-state index is -0.638. The standard InChI is InChI=1S/C14H20ClN3O2/c1-9(12(19)17-8-14(2,3)16)18-13(20)10-4-6-11(15)7-5-10/h4-7,9H,8,16H2,1-3H3,(H,17,19)(H,18,20). The zero-order valence-electron chi connectivity index (χ0n) is 11.9. The zero-order valence-corrected chi connectivity index (χ0v) is 12.6. The molecule has 1 atom stereocenters. The molecule has 0 fully saturated rings. The summed E-state index contributed by atoms with van der Waals surface area (Å²) in [4.78, 5) is 23.7. The Labute approximate surface area is 123 Å². The number of amides is 2. The average Bonchev–Trinajstić information content (AvgIpc) is 2.35. The van der Waals surface area contributed by atoms with Crippen molar-refractivity contribution < 1.29 is 9.59 Å². The summed E-state index contributed by atoms with van der Waals surface area (Å²) in [7, 11) is 0. The third kappa shape index (κ3) is 5.59. The molecule has 2 amide bonds. The zero-order chi connectivity index (χ0) is 15.3. The van der Waals surface area contributed by atoms with Gasteiger partial charge >= 0.3 is 0 Å². The number of rotatable bonds is 5. The van der Waals surface area contributed by atoms with Crippen LogP contribution in [0.2, 0.25) is 5.02 Å². The number of nitrogens with two attached hydrogens (primary N) is 1. The molecule has 0 saturated heterocycles. The van der Waals surface area contributed by atoms with Gasteiger partial charge in [0, 0.05) is 22.7 Å². The van der Waals surface area contributed by atoms with E-state index >= 15 is 0 Å². The van der Waals surface area contributed by atoms with E-state index in [0.29, 0.717) is 17.1 Å². The van der Waals surface area contributed by atoms with Crippen LogP contribution >= 0.6 is 11.6 Å². The quantitative estimate of drug-likeness (QED) is 0.766. The summed E-state index contributed by atoms with van der Waals surface area (Å²) in [5.74, 6) is -0.595. The first-order valence-electron chi connectivity index (χ1n) is 6.32. The third-order valence-corrected chi connectivity index (χ3v) is 2.82. The normalized spacial score (nSPS) is 12.7. The summed E-state index contributed by atoms with van der Waals surface area (Å²) < 4.78 is 0. The van der Waals surface area contributed by atoms with E-state index in [1.165, 1.54) is 0 Å². The minimum absolute atomic E-state index is 0.272. The molecule has 110 valence electrons. The van der Waals surface area contributed by atoms with Crippen molar-refractivity contribution in [3.8, 4) is 0 Å². The molecule has 0 spiro atoms. The Bertz CT molecular complexity index is 480. The van der Waals surface area contributed by atoms with E-state index in [0.717, 1.165) is 0 Å². The first-order valence-corrected chi connectivity index (χ1v) is 6.70. The second-order valence-electron chi connectivity index (χ2n) is 5.41. The number of carbonyl (C=O) groups excluding carboxylic acids is 2. The molecule has 0 saturated carbocycles. The van der Waals surface area contributed by atoms with E-state index in [2.05, 4.69) is 10.6 Å². The monoisotopic (exact) mass is 297 g/mol. The molecule has 0 aliphatic rings. The average molecular weight is 298 g/mol. The Kier molecular flexibility index (Phi) is 5.53. The molecule has 1 aromatic rings. The van der Waals surface area contributed by atoms with Crippen LogP contribution in [0.25, 0.3) is 0 Å². The highest BCUT2D eigenvalue weighted by Crippen LogP contribution is 2.09. The number of nitrogens with one attached hydrogen (secondary N) is 2. The van der Waals surface area contributed by atoms with Crippen LogP contribution in [0.3, 0.4) is 0 Å². The molecule has 0 aliphatic heterocycles. The lowest BCUT2D eigenvalue weighted by Crippen LogP contribution is -2.51. The number of halogens is 1. The SMILES string of the molecule is CC(NC(=O)c1ccc(Cl)cc1)C(=O)NCC(C)(C)N. The molecule has 5 nitrogen and oxygen atoms in total. The first kappa shape index (κ1) is 16.5. The lowest BCUT2D eigenvalue weighted by atomic mass is 10.1. The van der Waals surface area contributed by atoms with E-state index < -0.39 is 11.6 Å². The smallest absolute Gasteiger partial charge is 0.251 e. The fraction of sp³-hybridized carbons (Fsp3) is 0.429. The molecule has 0 heterocycles. The van der Waals surface area contributed by atoms with E-state index in [9.17, 15) is 9.59 Å². The molecule has 20 heavy (non-hydrogen) atoms. The predicted molar refractivity (Wildman–Crippen MR) is 79.7 cm³/mol. The third-order valence-electron chi connectivity index (χ3n) is 2.57. The topological polar surface area (TPSA) is 84.2 Å². The molecule has 0 radical (unpaired) electrons. The fourth-order valence-corrected chi connectivity index (χ4v) is 1.54. The summed E-state index contributed by atoms with van der Waals surface area (Å²) in [5, 5.41) is 5.86. The Morgan fingerprint density at radius 1 is 1.30 bits per heavy atom. The van der Waals surface area contributed by atoms with Crippen molar-refractivity contribution in [3.63, 3.8) is 0 Å². The van der Waals surface area contributed by atoms with Crippen molar-refractivity contribution in [3.05, 3.63) is 34.9 Å². The summed E-state index contributed by atoms with van der Waals surface area (Å²) in [6.07, 6.45) is 0. The number of carbonyl (C=O) groups is 2. The molecule has 0 aliphatic carbocycles. The lowest BCUT2D eigenvalue weighted by molar-refractivity contribution is -0.122. The summed E-state index contributed by atoms with van der Waals surface area (Å²) in [6.45, 7) is 5.58. The first-order chi connectivity index (χ1) is 9.19. The van der Waals surface area contributed by atoms with Gasteiger partial charge in [0.1, 0.15) is 6.04 Å². The van der Waals surface area contributed by atoms with Crippen molar-refractivity contribution in [2.24, 2.45) is 5.73 Å². The van der Waals surface area contributed by atoms with Crippen molar-refractivity contribution in [2.45, 2.75) is 32.4 Å². The molecular formula is C14H20ClN3O2. The highest BCUT2D eigenvalue weighted by molar-refractivity contribution is 6.30. The highest BCUT2D eigenvalue weighted by atomic mass is 35.5. The van der Waals surface area contributed by atoms with Gasteiger partial charge in [0.2, 0.25) is 5.91 Å². The summed E-state index contributed by atoms with van der Waals surface area (Å²) in [6, 6.07) is 5.81. The Morgan fingerprint density at radius 2 is 1.85 bits per heavy atom. The molecule has 4 N–H and O–H groups in total. The predicted octanol–water partition coefficient (Wildman–Crippen LogP) is 1.31. The number of hydrogen-bond acceptors (Lipinski definition) is 3. The maximum atomic E-state index is 11.9. The second-order valence-corrected chi connectivity index (χ2v) is 5.84. The van der Waals surface area contributed by atoms with Crippen LogP contribution in [0.15, 0.2) is 24.3 Å². The van der Waals surface area contributed by atoms with Crippen LogP contribution < -0.4 is 16.4 Å². The second kappa shape index (κ2) is 6.72. The van der Waals surface area contributed by atoms with Gasteiger partial charge in [0.05, 0.1) is 0 Å². The van der Waals surface area contributed by atoms with Crippen LogP contribution in [-0.2, 0) is 4.79 Å². The van der Waals surface area contributed by atoms with Gasteiger partial charge in [-0.2, -0.15) is 0 Å². The highest BCUT2D eigenvalue weighted by Gasteiger charge is 2.18. The van der Waals surface area contributed by atoms with Gasteiger partial charge in [-0.3, -0.25) is 9.59 Å². The molecule has 1 rings (SSSR count). The molecular weight excluding hydrogens is 278 g/mol. The van der Waals surface area contributed by atoms with E-state index in [1.54, 1.807) is 31.2 Å². The van der Waals surface area contributed by atoms with Gasteiger partial charge in [-0.05, 0) is 45.0 Å². The van der Waals surface area contributed by atoms with Gasteiger partial charge in [-0.25, -0.2) is 0 Å². The molecule has 0 aromatic heterocycles. The van der Waals surface area contributed by atoms with E-state index in [1.807, 2.05) is 13.8 Å². The van der Waals surface area contributed by atoms with Gasteiger partial charge in [0.15, 0.2) is 0 Å². The van der Waals surface area contributed by atoms with Crippen molar-refractivity contribution >= 4 is 23.4 Å². The van der Waals surface area contributed by atoms with Crippen LogP contribution in [0.1, 0.15) is 31.1 Å². The maximum absolute atomic E-state index is 11.9. The lowest BCUT2D eigenvalue weighted by Gasteiger charge is -2.21. The van der Waals surface area contributed by atoms with E-state index in [4.69, 9.17) is 17.3 Å². The summed E-state index contributed by atoms with van der Waals surface area (Å²) in [5.41, 5.74) is 5.74. The number of benzene rings is 1. The van der Waals surface area contributed by atoms with Crippen LogP contribution in [-0.4, -0.2) is 29.9 Å². The largest absolute Gasteiger partial charge is 0.353 e. The molecule has 1 unspecified atom stereocenters. The van der Waals surface area contributed by atoms with Gasteiger partial charge in [0.25, 0.3) is 5.91 Å². The Morgan fingerprint density at radius 3 is 2.35 bits per heavy atom. The van der Waals surface area contributed by atoms with Gasteiger partial charge in [-0.15, -0.1) is 0 Å². The number of hydrogen-bond donors (Lipinski definition) is 3. The minimum Gasteiger partial charge on any atom is -0.353 e. The maximum Gasteiger partial charge on any atom is 0.251 e. The van der Waals surface area contributed by atoms with Gasteiger partial charge in [-0.1, -0.05) is 11.6 Å². The van der Waals surface area contributed by atoms with Gasteiger partial charge < -0.3 is 16.4 Å². The Hall–Kier alpha value is -1.59. The van der Waals surface area contributed by atoms with Crippen molar-refractivity contribution in [2.75, 3.05) is 6.54 Å². The summed E-state index contributed by atoms with van der Waals surface area (Å²) >= 11 is 5.75. The molecule has 1 aromatic carbocycles. The van der Waals surface area contributed by atoms with Crippen LogP contribution in [0.5, 0.6) is 0 Å². The Balaban J connectivity index is 2.53. The van der Waals surface area contributed by atoms with Crippen LogP contribution in [0.4, 0.5) is 0 Å². The fourth-order valence-electron chi connectivity index (χ4n) is 1.41. The van der Waals surface area contributed by atoms with Crippen LogP contribution in [0, 0.1) is 0 Å².